The van der Waals surface area contributed by atoms with Crippen molar-refractivity contribution < 1.29 is 0 Å². The summed E-state index contributed by atoms with van der Waals surface area (Å²) in [4.78, 5) is 4.04. The Balaban J connectivity index is 2.22. The maximum Gasteiger partial charge on any atom is 0.187 e. The number of halogens is 1. The number of hydrogen-bond donors (Lipinski definition) is 0. The van der Waals surface area contributed by atoms with Crippen molar-refractivity contribution in [1.82, 2.24) is 29.4 Å². The number of aryl methyl sites for hydroxylation is 2. The van der Waals surface area contributed by atoms with Crippen LogP contribution in [0.2, 0.25) is 5.15 Å². The van der Waals surface area contributed by atoms with E-state index in [-0.39, 0.29) is 0 Å². The predicted molar refractivity (Wildman–Crippen MR) is 67.4 cm³/mol. The summed E-state index contributed by atoms with van der Waals surface area (Å²) in [5.74, 6) is 0.712. The van der Waals surface area contributed by atoms with E-state index in [2.05, 4.69) is 27.2 Å². The maximum absolute atomic E-state index is 5.82. The van der Waals surface area contributed by atoms with Crippen LogP contribution >= 0.6 is 11.6 Å². The predicted octanol–water partition coefficient (Wildman–Crippen LogP) is 1.74. The second kappa shape index (κ2) is 4.06. The Kier molecular flexibility index (Phi) is 2.52. The van der Waals surface area contributed by atoms with Crippen LogP contribution in [0, 0.1) is 0 Å². The van der Waals surface area contributed by atoms with Crippen molar-refractivity contribution in [2.75, 3.05) is 0 Å². The third kappa shape index (κ3) is 1.65. The van der Waals surface area contributed by atoms with Gasteiger partial charge in [0.25, 0.3) is 0 Å². The highest BCUT2D eigenvalue weighted by Crippen LogP contribution is 2.19. The summed E-state index contributed by atoms with van der Waals surface area (Å²) < 4.78 is 3.59. The zero-order valence-corrected chi connectivity index (χ0v) is 10.8. The highest BCUT2D eigenvalue weighted by molar-refractivity contribution is 6.29. The van der Waals surface area contributed by atoms with Crippen LogP contribution in [-0.2, 0) is 13.5 Å². The van der Waals surface area contributed by atoms with E-state index in [1.807, 2.05) is 13.1 Å². The average Bonchev–Trinajstić information content (AvgIpc) is 2.91. The molecule has 0 aromatic carbocycles. The van der Waals surface area contributed by atoms with Crippen LogP contribution in [0.5, 0.6) is 0 Å². The topological polar surface area (TPSA) is 60.9 Å². The first-order valence-corrected chi connectivity index (χ1v) is 5.96. The van der Waals surface area contributed by atoms with Crippen molar-refractivity contribution in [2.45, 2.75) is 13.3 Å². The van der Waals surface area contributed by atoms with Gasteiger partial charge in [0.1, 0.15) is 17.2 Å². The van der Waals surface area contributed by atoms with Gasteiger partial charge in [-0.2, -0.15) is 5.10 Å². The van der Waals surface area contributed by atoms with E-state index in [0.717, 1.165) is 17.8 Å². The number of rotatable bonds is 2. The second-order valence-electron chi connectivity index (χ2n) is 3.96. The fourth-order valence-corrected chi connectivity index (χ4v) is 2.00. The number of fused-ring (bicyclic) bond motifs is 1. The summed E-state index contributed by atoms with van der Waals surface area (Å²) in [6, 6.07) is 3.68. The Morgan fingerprint density at radius 1 is 1.28 bits per heavy atom. The first-order chi connectivity index (χ1) is 8.69. The van der Waals surface area contributed by atoms with Gasteiger partial charge in [-0.05, 0) is 12.5 Å². The summed E-state index contributed by atoms with van der Waals surface area (Å²) >= 11 is 5.82. The van der Waals surface area contributed by atoms with Gasteiger partial charge in [0, 0.05) is 13.1 Å². The van der Waals surface area contributed by atoms with E-state index in [1.165, 1.54) is 0 Å². The van der Waals surface area contributed by atoms with Crippen molar-refractivity contribution in [3.8, 4) is 11.5 Å². The van der Waals surface area contributed by atoms with Crippen LogP contribution in [0.3, 0.4) is 0 Å². The zero-order valence-electron chi connectivity index (χ0n) is 10.0. The Hall–Kier alpha value is -1.95. The van der Waals surface area contributed by atoms with Gasteiger partial charge >= 0.3 is 0 Å². The summed E-state index contributed by atoms with van der Waals surface area (Å²) in [6.45, 7) is 2.06. The number of hydrogen-bond acceptors (Lipinski definition) is 4. The average molecular weight is 263 g/mol. The molecule has 7 heteroatoms. The van der Waals surface area contributed by atoms with Crippen LogP contribution in [-0.4, -0.2) is 29.4 Å². The van der Waals surface area contributed by atoms with Gasteiger partial charge < -0.3 is 0 Å². The molecule has 0 aliphatic rings. The molecule has 0 radical (unpaired) electrons. The molecule has 0 saturated carbocycles. The molecule has 0 bridgehead atoms. The van der Waals surface area contributed by atoms with Crippen molar-refractivity contribution in [1.29, 1.82) is 0 Å². The molecule has 0 amide bonds. The molecule has 3 aromatic rings. The van der Waals surface area contributed by atoms with E-state index in [1.54, 1.807) is 21.5 Å². The van der Waals surface area contributed by atoms with E-state index in [4.69, 9.17) is 11.6 Å². The molecule has 0 spiro atoms. The van der Waals surface area contributed by atoms with Crippen molar-refractivity contribution in [2.24, 2.45) is 7.05 Å². The molecule has 3 rings (SSSR count). The molecule has 0 fully saturated rings. The highest BCUT2D eigenvalue weighted by atomic mass is 35.5. The molecule has 92 valence electrons. The lowest BCUT2D eigenvalue weighted by Crippen LogP contribution is -1.98. The normalized spacial score (nSPS) is 11.3. The second-order valence-corrected chi connectivity index (χ2v) is 4.35. The highest BCUT2D eigenvalue weighted by Gasteiger charge is 2.13. The Bertz CT molecular complexity index is 713. The minimum Gasteiger partial charge on any atom is -0.264 e. The molecule has 3 heterocycles. The molecule has 0 aliphatic heterocycles. The molecular formula is C11H11ClN6. The first-order valence-electron chi connectivity index (χ1n) is 5.58. The van der Waals surface area contributed by atoms with Crippen LogP contribution in [0.25, 0.3) is 17.2 Å². The molecule has 18 heavy (non-hydrogen) atoms. The summed E-state index contributed by atoms with van der Waals surface area (Å²) in [6.07, 6.45) is 2.50. The standard InChI is InChI=1S/C11H11ClN6/c1-3-7-4-8(17(2)16-7)11-15-14-10-5-9(12)13-6-18(10)11/h4-6H,3H2,1-2H3. The lowest BCUT2D eigenvalue weighted by Gasteiger charge is -1.99. The smallest absolute Gasteiger partial charge is 0.187 e. The van der Waals surface area contributed by atoms with Gasteiger partial charge in [0.2, 0.25) is 0 Å². The Morgan fingerprint density at radius 2 is 2.11 bits per heavy atom. The number of nitrogens with zero attached hydrogens (tertiary/aromatic N) is 6. The van der Waals surface area contributed by atoms with Crippen molar-refractivity contribution in [3.05, 3.63) is 29.3 Å². The van der Waals surface area contributed by atoms with Gasteiger partial charge in [0.05, 0.1) is 5.69 Å². The number of aromatic nitrogens is 6. The Labute approximate surface area is 108 Å². The molecule has 0 aliphatic carbocycles. The molecule has 3 aromatic heterocycles. The van der Waals surface area contributed by atoms with E-state index < -0.39 is 0 Å². The Morgan fingerprint density at radius 3 is 2.83 bits per heavy atom. The van der Waals surface area contributed by atoms with Crippen molar-refractivity contribution >= 4 is 17.2 Å². The summed E-state index contributed by atoms with van der Waals surface area (Å²) in [5.41, 5.74) is 2.60. The van der Waals surface area contributed by atoms with E-state index in [0.29, 0.717) is 16.6 Å². The fraction of sp³-hybridized carbons (Fsp3) is 0.273. The van der Waals surface area contributed by atoms with Crippen LogP contribution in [0.15, 0.2) is 18.5 Å². The summed E-state index contributed by atoms with van der Waals surface area (Å²) in [5, 5.41) is 13.1. The first kappa shape index (κ1) is 11.2. The lowest BCUT2D eigenvalue weighted by molar-refractivity contribution is 0.747. The largest absolute Gasteiger partial charge is 0.264 e. The van der Waals surface area contributed by atoms with E-state index >= 15 is 0 Å². The van der Waals surface area contributed by atoms with Crippen LogP contribution in [0.4, 0.5) is 0 Å². The molecular weight excluding hydrogens is 252 g/mol. The monoisotopic (exact) mass is 262 g/mol. The van der Waals surface area contributed by atoms with E-state index in [9.17, 15) is 0 Å². The maximum atomic E-state index is 5.82. The van der Waals surface area contributed by atoms with Crippen LogP contribution < -0.4 is 0 Å². The van der Waals surface area contributed by atoms with Gasteiger partial charge in [-0.3, -0.25) is 9.08 Å². The van der Waals surface area contributed by atoms with Gasteiger partial charge in [-0.25, -0.2) is 4.98 Å². The molecule has 0 N–H and O–H groups in total. The molecule has 6 nitrogen and oxygen atoms in total. The quantitative estimate of drug-likeness (QED) is 0.660. The minimum absolute atomic E-state index is 0.403. The van der Waals surface area contributed by atoms with Gasteiger partial charge in [-0.15, -0.1) is 10.2 Å². The molecule has 0 unspecified atom stereocenters. The van der Waals surface area contributed by atoms with Crippen molar-refractivity contribution in [3.63, 3.8) is 0 Å². The van der Waals surface area contributed by atoms with Crippen LogP contribution in [0.1, 0.15) is 12.6 Å². The lowest BCUT2D eigenvalue weighted by atomic mass is 10.3. The van der Waals surface area contributed by atoms with Gasteiger partial charge in [-0.1, -0.05) is 18.5 Å². The molecule has 0 saturated heterocycles. The third-order valence-corrected chi connectivity index (χ3v) is 3.00. The van der Waals surface area contributed by atoms with Gasteiger partial charge in [0.15, 0.2) is 11.5 Å². The zero-order chi connectivity index (χ0) is 12.7. The fourth-order valence-electron chi connectivity index (χ4n) is 1.86. The molecule has 0 atom stereocenters. The minimum atomic E-state index is 0.403. The summed E-state index contributed by atoms with van der Waals surface area (Å²) in [7, 11) is 1.89. The third-order valence-electron chi connectivity index (χ3n) is 2.79. The SMILES string of the molecule is CCc1cc(-c2nnc3cc(Cl)ncn23)n(C)n1.